The Labute approximate surface area is 168 Å². The van der Waals surface area contributed by atoms with E-state index in [1.807, 2.05) is 38.4 Å². The average molecular weight is 400 g/mol. The fraction of sp³-hybridized carbons (Fsp3) is 0.286. The number of rotatable bonds is 4. The molecule has 3 aromatic rings. The van der Waals surface area contributed by atoms with Crippen LogP contribution in [0.1, 0.15) is 22.5 Å². The number of carbonyl (C=O) groups is 1. The number of aromatic nitrogens is 1. The van der Waals surface area contributed by atoms with Crippen molar-refractivity contribution < 1.29 is 14.3 Å². The zero-order valence-corrected chi connectivity index (χ0v) is 16.6. The van der Waals surface area contributed by atoms with Crippen LogP contribution in [-0.4, -0.2) is 43.1 Å². The second kappa shape index (κ2) is 7.73. The van der Waals surface area contributed by atoms with Crippen molar-refractivity contribution >= 4 is 34.1 Å². The molecule has 0 radical (unpaired) electrons. The normalized spacial score (nSPS) is 13.6. The van der Waals surface area contributed by atoms with Crippen LogP contribution in [0.15, 0.2) is 36.4 Å². The summed E-state index contributed by atoms with van der Waals surface area (Å²) in [5.74, 6) is 1.19. The van der Waals surface area contributed by atoms with Gasteiger partial charge in [0.2, 0.25) is 0 Å². The maximum atomic E-state index is 12.8. The Morgan fingerprint density at radius 3 is 2.82 bits per heavy atom. The maximum Gasteiger partial charge on any atom is 0.272 e. The van der Waals surface area contributed by atoms with Gasteiger partial charge in [0.15, 0.2) is 11.5 Å². The molecule has 1 amide bonds. The van der Waals surface area contributed by atoms with E-state index >= 15 is 0 Å². The zero-order chi connectivity index (χ0) is 19.7. The first-order valence-corrected chi connectivity index (χ1v) is 9.54. The number of ether oxygens (including phenoxy) is 2. The lowest BCUT2D eigenvalue weighted by Gasteiger charge is -2.18. The van der Waals surface area contributed by atoms with Crippen molar-refractivity contribution in [2.45, 2.75) is 13.0 Å². The fourth-order valence-electron chi connectivity index (χ4n) is 3.30. The Balaban J connectivity index is 1.64. The number of carbonyl (C=O) groups excluding carboxylic acids is 1. The van der Waals surface area contributed by atoms with Gasteiger partial charge in [0.1, 0.15) is 5.69 Å². The summed E-state index contributed by atoms with van der Waals surface area (Å²) in [4.78, 5) is 18.0. The van der Waals surface area contributed by atoms with Crippen molar-refractivity contribution in [1.82, 2.24) is 9.88 Å². The summed E-state index contributed by atoms with van der Waals surface area (Å²) in [5.41, 5.74) is 2.98. The summed E-state index contributed by atoms with van der Waals surface area (Å²) < 4.78 is 11.7. The smallest absolute Gasteiger partial charge is 0.272 e. The molecule has 2 N–H and O–H groups in total. The summed E-state index contributed by atoms with van der Waals surface area (Å²) in [6.07, 6.45) is 0.829. The molecule has 2 aromatic carbocycles. The third-order valence-electron chi connectivity index (χ3n) is 4.50. The summed E-state index contributed by atoms with van der Waals surface area (Å²) >= 11 is 6.03. The van der Waals surface area contributed by atoms with Crippen LogP contribution in [0.4, 0.5) is 5.69 Å². The van der Waals surface area contributed by atoms with Gasteiger partial charge < -0.3 is 24.7 Å². The molecule has 0 atom stereocenters. The summed E-state index contributed by atoms with van der Waals surface area (Å²) in [5, 5.41) is 4.49. The van der Waals surface area contributed by atoms with Crippen LogP contribution in [-0.2, 0) is 6.54 Å². The number of amides is 1. The Morgan fingerprint density at radius 2 is 2.00 bits per heavy atom. The number of hydrogen-bond donors (Lipinski definition) is 2. The summed E-state index contributed by atoms with van der Waals surface area (Å²) in [6, 6.07) is 11.0. The molecule has 1 aromatic heterocycles. The number of aromatic amines is 1. The molecule has 0 spiro atoms. The molecular formula is C21H22ClN3O3. The van der Waals surface area contributed by atoms with Crippen LogP contribution >= 0.6 is 11.6 Å². The Hall–Kier alpha value is -2.70. The second-order valence-corrected chi connectivity index (χ2v) is 7.56. The Kier molecular flexibility index (Phi) is 5.15. The minimum absolute atomic E-state index is 0.224. The van der Waals surface area contributed by atoms with Crippen LogP contribution < -0.4 is 14.8 Å². The lowest BCUT2D eigenvalue weighted by molar-refractivity contribution is 0.102. The molecule has 0 bridgehead atoms. The van der Waals surface area contributed by atoms with Crippen molar-refractivity contribution in [1.29, 1.82) is 0 Å². The Bertz CT molecular complexity index is 1030. The summed E-state index contributed by atoms with van der Waals surface area (Å²) in [7, 11) is 3.98. The van der Waals surface area contributed by atoms with Crippen LogP contribution in [0.3, 0.4) is 0 Å². The number of fused-ring (bicyclic) bond motifs is 2. The third-order valence-corrected chi connectivity index (χ3v) is 4.73. The minimum Gasteiger partial charge on any atom is -0.489 e. The molecule has 1 aliphatic rings. The highest BCUT2D eigenvalue weighted by Crippen LogP contribution is 2.37. The van der Waals surface area contributed by atoms with E-state index in [2.05, 4.69) is 15.2 Å². The number of H-pyrrole nitrogens is 1. The average Bonchev–Trinajstić information content (AvgIpc) is 2.91. The predicted molar refractivity (Wildman–Crippen MR) is 111 cm³/mol. The number of benzene rings is 2. The second-order valence-electron chi connectivity index (χ2n) is 7.12. The molecule has 6 nitrogen and oxygen atoms in total. The number of nitrogens with one attached hydrogen (secondary N) is 2. The molecule has 4 rings (SSSR count). The molecule has 7 heteroatoms. The van der Waals surface area contributed by atoms with Gasteiger partial charge in [-0.2, -0.15) is 0 Å². The van der Waals surface area contributed by atoms with E-state index in [1.165, 1.54) is 0 Å². The van der Waals surface area contributed by atoms with Gasteiger partial charge in [-0.15, -0.1) is 0 Å². The third kappa shape index (κ3) is 3.93. The van der Waals surface area contributed by atoms with Crippen molar-refractivity contribution in [3.05, 3.63) is 52.7 Å². The van der Waals surface area contributed by atoms with Crippen LogP contribution in [0.25, 0.3) is 10.9 Å². The lowest BCUT2D eigenvalue weighted by Crippen LogP contribution is -2.15. The van der Waals surface area contributed by atoms with Crippen molar-refractivity contribution in [2.24, 2.45) is 0 Å². The van der Waals surface area contributed by atoms with Gasteiger partial charge in [0, 0.05) is 46.2 Å². The van der Waals surface area contributed by atoms with Crippen LogP contribution in [0, 0.1) is 0 Å². The van der Waals surface area contributed by atoms with Gasteiger partial charge in [0.25, 0.3) is 5.91 Å². The van der Waals surface area contributed by atoms with E-state index in [0.717, 1.165) is 28.6 Å². The van der Waals surface area contributed by atoms with Gasteiger partial charge in [-0.1, -0.05) is 11.6 Å². The number of hydrogen-bond acceptors (Lipinski definition) is 4. The SMILES string of the molecule is CN(C)Cc1cc(NC(=O)c2cc3cc(Cl)ccc3[nH]2)cc2c1OCCCO2. The maximum absolute atomic E-state index is 12.8. The first-order chi connectivity index (χ1) is 13.5. The molecule has 0 aliphatic carbocycles. The zero-order valence-electron chi connectivity index (χ0n) is 15.8. The first kappa shape index (κ1) is 18.7. The molecule has 0 saturated heterocycles. The largest absolute Gasteiger partial charge is 0.489 e. The van der Waals surface area contributed by atoms with E-state index in [0.29, 0.717) is 41.9 Å². The van der Waals surface area contributed by atoms with Gasteiger partial charge in [-0.05, 0) is 44.4 Å². The predicted octanol–water partition coefficient (Wildman–Crippen LogP) is 4.30. The Morgan fingerprint density at radius 1 is 1.18 bits per heavy atom. The van der Waals surface area contributed by atoms with Crippen LogP contribution in [0.5, 0.6) is 11.5 Å². The van der Waals surface area contributed by atoms with Gasteiger partial charge in [-0.3, -0.25) is 4.79 Å². The summed E-state index contributed by atoms with van der Waals surface area (Å²) in [6.45, 7) is 1.89. The minimum atomic E-state index is -0.224. The molecule has 0 unspecified atom stereocenters. The van der Waals surface area contributed by atoms with Crippen molar-refractivity contribution in [3.63, 3.8) is 0 Å². The molecule has 0 fully saturated rings. The lowest BCUT2D eigenvalue weighted by atomic mass is 10.1. The first-order valence-electron chi connectivity index (χ1n) is 9.16. The molecule has 1 aliphatic heterocycles. The van der Waals surface area contributed by atoms with E-state index < -0.39 is 0 Å². The van der Waals surface area contributed by atoms with E-state index in [9.17, 15) is 4.79 Å². The number of anilines is 1. The molecule has 0 saturated carbocycles. The quantitative estimate of drug-likeness (QED) is 0.686. The highest BCUT2D eigenvalue weighted by atomic mass is 35.5. The number of nitrogens with zero attached hydrogens (tertiary/aromatic N) is 1. The molecule has 146 valence electrons. The fourth-order valence-corrected chi connectivity index (χ4v) is 3.48. The standard InChI is InChI=1S/C21H22ClN3O3/c1-25(2)12-14-9-16(11-19-20(14)28-7-3-6-27-19)23-21(26)18-10-13-8-15(22)4-5-17(13)24-18/h4-5,8-11,24H,3,6-7,12H2,1-2H3,(H,23,26). The highest BCUT2D eigenvalue weighted by Gasteiger charge is 2.19. The van der Waals surface area contributed by atoms with E-state index in [1.54, 1.807) is 12.1 Å². The van der Waals surface area contributed by atoms with Crippen LogP contribution in [0.2, 0.25) is 5.02 Å². The van der Waals surface area contributed by atoms with E-state index in [-0.39, 0.29) is 5.91 Å². The monoisotopic (exact) mass is 399 g/mol. The van der Waals surface area contributed by atoms with Gasteiger partial charge >= 0.3 is 0 Å². The molecule has 28 heavy (non-hydrogen) atoms. The van der Waals surface area contributed by atoms with Gasteiger partial charge in [-0.25, -0.2) is 0 Å². The topological polar surface area (TPSA) is 66.6 Å². The number of halogens is 1. The van der Waals surface area contributed by atoms with E-state index in [4.69, 9.17) is 21.1 Å². The van der Waals surface area contributed by atoms with Crippen molar-refractivity contribution in [2.75, 3.05) is 32.6 Å². The van der Waals surface area contributed by atoms with Crippen molar-refractivity contribution in [3.8, 4) is 11.5 Å². The molecule has 2 heterocycles. The molecular weight excluding hydrogens is 378 g/mol. The highest BCUT2D eigenvalue weighted by molar-refractivity contribution is 6.31. The van der Waals surface area contributed by atoms with Gasteiger partial charge in [0.05, 0.1) is 13.2 Å².